The molecule has 2 N–H and O–H groups in total. The van der Waals surface area contributed by atoms with Gasteiger partial charge in [-0.3, -0.25) is 0 Å². The van der Waals surface area contributed by atoms with Crippen LogP contribution in [0.4, 0.5) is 10.1 Å². The van der Waals surface area contributed by atoms with Crippen molar-refractivity contribution >= 4 is 17.4 Å². The van der Waals surface area contributed by atoms with Gasteiger partial charge in [0.25, 0.3) is 0 Å². The van der Waals surface area contributed by atoms with Crippen molar-refractivity contribution in [2.45, 2.75) is 44.6 Å². The summed E-state index contributed by atoms with van der Waals surface area (Å²) in [6.45, 7) is 8.32. The summed E-state index contributed by atoms with van der Waals surface area (Å²) in [5.41, 5.74) is 11.4. The Morgan fingerprint density at radius 1 is 1.13 bits per heavy atom. The number of fused-ring (bicyclic) bond motifs is 1. The van der Waals surface area contributed by atoms with E-state index in [-0.39, 0.29) is 11.4 Å². The minimum absolute atomic E-state index is 0.206. The Bertz CT molecular complexity index is 718. The van der Waals surface area contributed by atoms with E-state index in [1.165, 1.54) is 17.7 Å². The molecular formula is C19H22FNOS. The molecule has 0 radical (unpaired) electrons. The quantitative estimate of drug-likeness (QED) is 0.647. The maximum atomic E-state index is 13.0. The van der Waals surface area contributed by atoms with Crippen LogP contribution in [0.3, 0.4) is 0 Å². The molecule has 23 heavy (non-hydrogen) atoms. The largest absolute Gasteiger partial charge is 0.486 e. The van der Waals surface area contributed by atoms with Crippen molar-refractivity contribution in [2.75, 3.05) is 11.5 Å². The van der Waals surface area contributed by atoms with Crippen molar-refractivity contribution < 1.29 is 9.13 Å². The van der Waals surface area contributed by atoms with Crippen LogP contribution in [0.1, 0.15) is 29.2 Å². The summed E-state index contributed by atoms with van der Waals surface area (Å²) in [6.07, 6.45) is 0.855. The van der Waals surface area contributed by atoms with Gasteiger partial charge in [0.2, 0.25) is 0 Å². The molecule has 1 unspecified atom stereocenters. The Hall–Kier alpha value is -1.68. The Morgan fingerprint density at radius 3 is 2.43 bits per heavy atom. The van der Waals surface area contributed by atoms with Crippen LogP contribution in [0.25, 0.3) is 0 Å². The van der Waals surface area contributed by atoms with E-state index in [1.54, 1.807) is 11.8 Å². The summed E-state index contributed by atoms with van der Waals surface area (Å²) in [5.74, 6) is 1.60. The molecule has 1 aliphatic heterocycles. The monoisotopic (exact) mass is 331 g/mol. The molecule has 0 bridgehead atoms. The third-order valence-electron chi connectivity index (χ3n) is 4.69. The van der Waals surface area contributed by atoms with E-state index in [0.29, 0.717) is 0 Å². The van der Waals surface area contributed by atoms with Crippen LogP contribution >= 0.6 is 11.8 Å². The summed E-state index contributed by atoms with van der Waals surface area (Å²) >= 11 is 1.69. The molecule has 0 fully saturated rings. The molecule has 4 heteroatoms. The van der Waals surface area contributed by atoms with Crippen molar-refractivity contribution in [1.29, 1.82) is 0 Å². The van der Waals surface area contributed by atoms with Crippen LogP contribution in [0.5, 0.6) is 5.75 Å². The third-order valence-corrected chi connectivity index (χ3v) is 6.06. The van der Waals surface area contributed by atoms with E-state index in [4.69, 9.17) is 10.5 Å². The van der Waals surface area contributed by atoms with Gasteiger partial charge >= 0.3 is 0 Å². The van der Waals surface area contributed by atoms with Crippen LogP contribution in [0.15, 0.2) is 29.2 Å². The summed E-state index contributed by atoms with van der Waals surface area (Å²) in [4.78, 5) is 1.05. The first-order valence-electron chi connectivity index (χ1n) is 7.76. The van der Waals surface area contributed by atoms with E-state index < -0.39 is 0 Å². The fraction of sp³-hybridized carbons (Fsp3) is 0.368. The lowest BCUT2D eigenvalue weighted by Gasteiger charge is -2.24. The van der Waals surface area contributed by atoms with Gasteiger partial charge in [-0.1, -0.05) is 0 Å². The minimum Gasteiger partial charge on any atom is -0.486 e. The second kappa shape index (κ2) is 5.75. The molecule has 0 saturated carbocycles. The van der Waals surface area contributed by atoms with Gasteiger partial charge in [0.1, 0.15) is 17.2 Å². The zero-order valence-corrected chi connectivity index (χ0v) is 14.8. The lowest BCUT2D eigenvalue weighted by atomic mass is 9.93. The van der Waals surface area contributed by atoms with Crippen molar-refractivity contribution in [2.24, 2.45) is 0 Å². The number of hydrogen-bond acceptors (Lipinski definition) is 3. The standard InChI is InChI=1S/C19H22FNOS/c1-11-12(2)18-16(13(3)17(11)21)9-19(4,22-18)10-23-15-7-5-14(20)6-8-15/h5-8H,9-10,21H2,1-4H3. The molecule has 0 saturated heterocycles. The highest BCUT2D eigenvalue weighted by Crippen LogP contribution is 2.45. The summed E-state index contributed by atoms with van der Waals surface area (Å²) in [7, 11) is 0. The lowest BCUT2D eigenvalue weighted by molar-refractivity contribution is 0.143. The molecule has 2 nitrogen and oxygen atoms in total. The predicted octanol–water partition coefficient (Wildman–Crippen LogP) is 4.82. The highest BCUT2D eigenvalue weighted by molar-refractivity contribution is 7.99. The maximum absolute atomic E-state index is 13.0. The van der Waals surface area contributed by atoms with Gasteiger partial charge < -0.3 is 10.5 Å². The average molecular weight is 331 g/mol. The van der Waals surface area contributed by atoms with Gasteiger partial charge in [-0.05, 0) is 68.7 Å². The van der Waals surface area contributed by atoms with Gasteiger partial charge in [0.15, 0.2) is 0 Å². The molecular weight excluding hydrogens is 309 g/mol. The number of benzene rings is 2. The third kappa shape index (κ3) is 2.92. The number of halogens is 1. The van der Waals surface area contributed by atoms with Crippen LogP contribution < -0.4 is 10.5 Å². The summed E-state index contributed by atoms with van der Waals surface area (Å²) in [5, 5.41) is 0. The van der Waals surface area contributed by atoms with Gasteiger partial charge in [0.05, 0.1) is 0 Å². The maximum Gasteiger partial charge on any atom is 0.127 e. The number of nitrogen functional groups attached to an aromatic ring is 1. The van der Waals surface area contributed by atoms with Crippen LogP contribution in [-0.4, -0.2) is 11.4 Å². The molecule has 3 rings (SSSR count). The highest BCUT2D eigenvalue weighted by atomic mass is 32.2. The van der Waals surface area contributed by atoms with Crippen molar-refractivity contribution in [3.05, 3.63) is 52.3 Å². The number of ether oxygens (including phenoxy) is 1. The summed E-state index contributed by atoms with van der Waals surface area (Å²) < 4.78 is 19.3. The van der Waals surface area contributed by atoms with Crippen molar-refractivity contribution in [1.82, 2.24) is 0 Å². The van der Waals surface area contributed by atoms with E-state index >= 15 is 0 Å². The van der Waals surface area contributed by atoms with E-state index in [1.807, 2.05) is 19.1 Å². The van der Waals surface area contributed by atoms with Gasteiger partial charge in [0, 0.05) is 28.3 Å². The SMILES string of the molecule is Cc1c(C)c2c(c(C)c1N)CC(C)(CSc1ccc(F)cc1)O2. The van der Waals surface area contributed by atoms with Crippen LogP contribution in [-0.2, 0) is 6.42 Å². The van der Waals surface area contributed by atoms with Gasteiger partial charge in [-0.15, -0.1) is 11.8 Å². The molecule has 2 aromatic rings. The molecule has 1 atom stereocenters. The fourth-order valence-electron chi connectivity index (χ4n) is 3.07. The predicted molar refractivity (Wildman–Crippen MR) is 94.9 cm³/mol. The molecule has 0 spiro atoms. The first-order valence-corrected chi connectivity index (χ1v) is 8.75. The number of thioether (sulfide) groups is 1. The van der Waals surface area contributed by atoms with E-state index in [2.05, 4.69) is 20.8 Å². The Balaban J connectivity index is 1.81. The number of anilines is 1. The number of rotatable bonds is 3. The van der Waals surface area contributed by atoms with Gasteiger partial charge in [-0.2, -0.15) is 0 Å². The topological polar surface area (TPSA) is 35.2 Å². The molecule has 0 aliphatic carbocycles. The first kappa shape index (κ1) is 16.2. The van der Waals surface area contributed by atoms with Gasteiger partial charge in [-0.25, -0.2) is 4.39 Å². The second-order valence-corrected chi connectivity index (χ2v) is 7.62. The second-order valence-electron chi connectivity index (χ2n) is 6.57. The summed E-state index contributed by atoms with van der Waals surface area (Å²) in [6, 6.07) is 6.61. The smallest absolute Gasteiger partial charge is 0.127 e. The normalized spacial score (nSPS) is 19.5. The minimum atomic E-state index is -0.267. The first-order chi connectivity index (χ1) is 10.8. The average Bonchev–Trinajstić information content (AvgIpc) is 2.89. The Labute approximate surface area is 141 Å². The molecule has 2 aromatic carbocycles. The zero-order chi connectivity index (χ0) is 16.8. The molecule has 1 heterocycles. The van der Waals surface area contributed by atoms with Crippen molar-refractivity contribution in [3.63, 3.8) is 0 Å². The molecule has 0 aromatic heterocycles. The van der Waals surface area contributed by atoms with Crippen molar-refractivity contribution in [3.8, 4) is 5.75 Å². The van der Waals surface area contributed by atoms with E-state index in [9.17, 15) is 4.39 Å². The Morgan fingerprint density at radius 2 is 1.78 bits per heavy atom. The molecule has 1 aliphatic rings. The molecule has 122 valence electrons. The highest BCUT2D eigenvalue weighted by Gasteiger charge is 2.37. The number of hydrogen-bond donors (Lipinski definition) is 1. The van der Waals surface area contributed by atoms with E-state index in [0.717, 1.165) is 45.2 Å². The fourth-order valence-corrected chi connectivity index (χ4v) is 4.03. The van der Waals surface area contributed by atoms with Crippen LogP contribution in [0.2, 0.25) is 0 Å². The Kier molecular flexibility index (Phi) is 4.05. The number of nitrogens with two attached hydrogens (primary N) is 1. The lowest BCUT2D eigenvalue weighted by Crippen LogP contribution is -2.33. The van der Waals surface area contributed by atoms with Crippen LogP contribution in [0, 0.1) is 26.6 Å². The molecule has 0 amide bonds. The zero-order valence-electron chi connectivity index (χ0n) is 14.0.